The van der Waals surface area contributed by atoms with Crippen molar-refractivity contribution in [3.8, 4) is 0 Å². The first-order chi connectivity index (χ1) is 11.2. The highest BCUT2D eigenvalue weighted by atomic mass is 16.2. The second kappa shape index (κ2) is 4.94. The van der Waals surface area contributed by atoms with E-state index in [-0.39, 0.29) is 18.2 Å². The molecular weight excluding hydrogens is 292 g/mol. The molecule has 2 N–H and O–H groups in total. The van der Waals surface area contributed by atoms with Crippen LogP contribution in [-0.2, 0) is 15.0 Å². The maximum atomic E-state index is 13.4. The molecule has 3 heterocycles. The highest BCUT2D eigenvalue weighted by Crippen LogP contribution is 2.51. The summed E-state index contributed by atoms with van der Waals surface area (Å²) in [5.74, 6) is 0.341. The van der Waals surface area contributed by atoms with Gasteiger partial charge in [-0.05, 0) is 18.1 Å². The summed E-state index contributed by atoms with van der Waals surface area (Å²) in [5.41, 5.74) is 1.62. The molecule has 1 spiro atoms. The van der Waals surface area contributed by atoms with E-state index < -0.39 is 5.41 Å². The van der Waals surface area contributed by atoms with Crippen molar-refractivity contribution in [1.82, 2.24) is 10.2 Å². The highest BCUT2D eigenvalue weighted by molar-refractivity contribution is 6.15. The first-order valence-electron chi connectivity index (χ1n) is 7.93. The van der Waals surface area contributed by atoms with Crippen molar-refractivity contribution in [3.05, 3.63) is 41.6 Å². The molecule has 2 aliphatic heterocycles. The number of fused-ring (bicyclic) bond motifs is 4. The van der Waals surface area contributed by atoms with Gasteiger partial charge in [-0.25, -0.2) is 0 Å². The van der Waals surface area contributed by atoms with Gasteiger partial charge in [0, 0.05) is 24.2 Å². The number of nitrogens with zero attached hydrogens (tertiary/aromatic N) is 2. The van der Waals surface area contributed by atoms with Crippen LogP contribution in [0.2, 0.25) is 0 Å². The summed E-state index contributed by atoms with van der Waals surface area (Å²) in [7, 11) is 0. The molecule has 0 unspecified atom stereocenters. The van der Waals surface area contributed by atoms with Gasteiger partial charge in [0.1, 0.15) is 11.2 Å². The van der Waals surface area contributed by atoms with Gasteiger partial charge in [-0.1, -0.05) is 31.5 Å². The van der Waals surface area contributed by atoms with Crippen molar-refractivity contribution in [2.75, 3.05) is 16.8 Å². The summed E-state index contributed by atoms with van der Waals surface area (Å²) in [6.07, 6.45) is 3.72. The summed E-state index contributed by atoms with van der Waals surface area (Å²) in [6.45, 7) is 2.77. The number of hydrogen-bond donors (Lipinski definition) is 2. The average Bonchev–Trinajstić information content (AvgIpc) is 3.10. The van der Waals surface area contributed by atoms with Crippen LogP contribution in [0, 0.1) is 0 Å². The van der Waals surface area contributed by atoms with Crippen LogP contribution in [0.3, 0.4) is 0 Å². The van der Waals surface area contributed by atoms with Crippen LogP contribution in [0.4, 0.5) is 11.5 Å². The molecule has 118 valence electrons. The summed E-state index contributed by atoms with van der Waals surface area (Å²) in [5, 5.41) is 9.61. The molecule has 23 heavy (non-hydrogen) atoms. The number of anilines is 2. The first kappa shape index (κ1) is 14.0. The third kappa shape index (κ3) is 1.78. The molecule has 0 saturated heterocycles. The lowest BCUT2D eigenvalue weighted by Gasteiger charge is -2.31. The van der Waals surface area contributed by atoms with Crippen LogP contribution in [0.1, 0.15) is 37.3 Å². The second-order valence-corrected chi connectivity index (χ2v) is 6.12. The van der Waals surface area contributed by atoms with Crippen molar-refractivity contribution in [3.63, 3.8) is 0 Å². The predicted molar refractivity (Wildman–Crippen MR) is 86.3 cm³/mol. The number of H-pyrrole nitrogens is 1. The first-order valence-corrected chi connectivity index (χ1v) is 7.93. The molecule has 2 aliphatic rings. The van der Waals surface area contributed by atoms with Crippen molar-refractivity contribution < 1.29 is 9.59 Å². The molecule has 0 aliphatic carbocycles. The molecule has 0 bridgehead atoms. The molecule has 4 rings (SSSR count). The zero-order chi connectivity index (χ0) is 16.0. The molecule has 6 heteroatoms. The van der Waals surface area contributed by atoms with E-state index in [2.05, 4.69) is 22.4 Å². The van der Waals surface area contributed by atoms with Crippen molar-refractivity contribution >= 4 is 23.3 Å². The fourth-order valence-electron chi connectivity index (χ4n) is 3.72. The van der Waals surface area contributed by atoms with E-state index >= 15 is 0 Å². The monoisotopic (exact) mass is 310 g/mol. The fourth-order valence-corrected chi connectivity index (χ4v) is 3.72. The van der Waals surface area contributed by atoms with Gasteiger partial charge in [-0.2, -0.15) is 5.10 Å². The molecular formula is C17H18N4O2. The van der Waals surface area contributed by atoms with Gasteiger partial charge in [0.25, 0.3) is 0 Å². The lowest BCUT2D eigenvalue weighted by molar-refractivity contribution is -0.126. The Morgan fingerprint density at radius 2 is 2.09 bits per heavy atom. The summed E-state index contributed by atoms with van der Waals surface area (Å²) in [6, 6.07) is 7.77. The topological polar surface area (TPSA) is 78.1 Å². The number of carbonyl (C=O) groups excluding carboxylic acids is 2. The van der Waals surface area contributed by atoms with E-state index in [0.29, 0.717) is 12.4 Å². The number of benzene rings is 1. The van der Waals surface area contributed by atoms with Crippen LogP contribution in [0.5, 0.6) is 0 Å². The molecule has 1 atom stereocenters. The Bertz CT molecular complexity index is 797. The zero-order valence-corrected chi connectivity index (χ0v) is 12.9. The fraction of sp³-hybridized carbons (Fsp3) is 0.353. The van der Waals surface area contributed by atoms with Crippen LogP contribution >= 0.6 is 0 Å². The minimum Gasteiger partial charge on any atom is -0.311 e. The van der Waals surface area contributed by atoms with Crippen LogP contribution in [-0.4, -0.2) is 28.6 Å². The van der Waals surface area contributed by atoms with E-state index in [9.17, 15) is 9.59 Å². The second-order valence-electron chi connectivity index (χ2n) is 6.12. The van der Waals surface area contributed by atoms with Crippen LogP contribution < -0.4 is 10.2 Å². The maximum Gasteiger partial charge on any atom is 0.242 e. The number of unbranched alkanes of at least 4 members (excludes halogenated alkanes) is 1. The summed E-state index contributed by atoms with van der Waals surface area (Å²) >= 11 is 0. The smallest absolute Gasteiger partial charge is 0.242 e. The minimum atomic E-state index is -0.949. The zero-order valence-electron chi connectivity index (χ0n) is 12.9. The Labute approximate surface area is 133 Å². The number of nitrogens with one attached hydrogen (secondary N) is 2. The Kier molecular flexibility index (Phi) is 3.01. The lowest BCUT2D eigenvalue weighted by atomic mass is 9.72. The Morgan fingerprint density at radius 1 is 1.26 bits per heavy atom. The van der Waals surface area contributed by atoms with Gasteiger partial charge in [-0.3, -0.25) is 14.7 Å². The van der Waals surface area contributed by atoms with Crippen molar-refractivity contribution in [2.24, 2.45) is 0 Å². The normalized spacial score (nSPS) is 22.2. The predicted octanol–water partition coefficient (Wildman–Crippen LogP) is 2.18. The van der Waals surface area contributed by atoms with E-state index in [1.165, 1.54) is 0 Å². The largest absolute Gasteiger partial charge is 0.311 e. The number of para-hydroxylation sites is 1. The van der Waals surface area contributed by atoms with Gasteiger partial charge >= 0.3 is 0 Å². The molecule has 6 nitrogen and oxygen atoms in total. The molecule has 1 aromatic heterocycles. The van der Waals surface area contributed by atoms with E-state index in [4.69, 9.17) is 0 Å². The molecule has 0 saturated carbocycles. The maximum absolute atomic E-state index is 13.4. The van der Waals surface area contributed by atoms with E-state index in [1.54, 1.807) is 6.20 Å². The average molecular weight is 310 g/mol. The molecule has 0 radical (unpaired) electrons. The molecule has 1 aromatic carbocycles. The van der Waals surface area contributed by atoms with Crippen LogP contribution in [0.15, 0.2) is 30.5 Å². The Balaban J connectivity index is 1.93. The quantitative estimate of drug-likeness (QED) is 0.912. The highest BCUT2D eigenvalue weighted by Gasteiger charge is 2.56. The van der Waals surface area contributed by atoms with Crippen molar-refractivity contribution in [1.29, 1.82) is 0 Å². The number of aromatic amines is 1. The van der Waals surface area contributed by atoms with E-state index in [0.717, 1.165) is 29.7 Å². The standard InChI is InChI=1S/C17H18N4O2/c1-2-3-8-21-13-7-5-4-6-11(13)17(16(21)23)9-14(22)19-15-12(17)10-18-20-15/h4-7,10H,2-3,8-9H2,1H3,(H2,18,19,20,22)/t17-/m0/s1. The third-order valence-electron chi connectivity index (χ3n) is 4.79. The minimum absolute atomic E-state index is 0.0235. The van der Waals surface area contributed by atoms with Gasteiger partial charge in [0.05, 0.1) is 6.20 Å². The lowest BCUT2D eigenvalue weighted by Crippen LogP contribution is -2.46. The van der Waals surface area contributed by atoms with Crippen molar-refractivity contribution in [2.45, 2.75) is 31.6 Å². The number of hydrogen-bond acceptors (Lipinski definition) is 3. The van der Waals surface area contributed by atoms with Gasteiger partial charge in [0.2, 0.25) is 11.8 Å². The summed E-state index contributed by atoms with van der Waals surface area (Å²) < 4.78 is 0. The van der Waals surface area contributed by atoms with E-state index in [1.807, 2.05) is 29.2 Å². The number of amides is 2. The number of rotatable bonds is 3. The Morgan fingerprint density at radius 3 is 2.91 bits per heavy atom. The van der Waals surface area contributed by atoms with Gasteiger partial charge in [0.15, 0.2) is 0 Å². The number of aromatic nitrogens is 2. The summed E-state index contributed by atoms with van der Waals surface area (Å²) in [4.78, 5) is 27.4. The molecule has 0 fully saturated rings. The molecule has 2 aromatic rings. The third-order valence-corrected chi connectivity index (χ3v) is 4.79. The Hall–Kier alpha value is -2.63. The van der Waals surface area contributed by atoms with Gasteiger partial charge in [-0.15, -0.1) is 0 Å². The molecule has 2 amide bonds. The van der Waals surface area contributed by atoms with Crippen LogP contribution in [0.25, 0.3) is 0 Å². The van der Waals surface area contributed by atoms with Gasteiger partial charge < -0.3 is 10.2 Å². The SMILES string of the molecule is CCCCN1C(=O)[C@@]2(CC(=O)Nc3[nH]ncc32)c2ccccc21. The number of carbonyl (C=O) groups is 2.